The molecule has 2 unspecified atom stereocenters. The minimum absolute atomic E-state index is 0.175. The van der Waals surface area contributed by atoms with Gasteiger partial charge in [0.05, 0.1) is 18.8 Å². The highest BCUT2D eigenvalue weighted by Crippen LogP contribution is 1.93. The summed E-state index contributed by atoms with van der Waals surface area (Å²) in [6.45, 7) is 8.55. The molecule has 0 heterocycles. The van der Waals surface area contributed by atoms with E-state index in [4.69, 9.17) is 9.47 Å². The Labute approximate surface area is 93.0 Å². The number of nitrogens with one attached hydrogen (secondary N) is 1. The van der Waals surface area contributed by atoms with Crippen LogP contribution in [0.15, 0.2) is 0 Å². The SMILES string of the molecule is COC(C)CNCC(O)COCC(C)C. The third-order valence-electron chi connectivity index (χ3n) is 1.98. The molecule has 2 N–H and O–H groups in total. The molecule has 0 saturated carbocycles. The number of methoxy groups -OCH3 is 1. The maximum atomic E-state index is 9.52. The van der Waals surface area contributed by atoms with Gasteiger partial charge in [-0.2, -0.15) is 0 Å². The second-order valence-corrected chi connectivity index (χ2v) is 4.29. The number of hydrogen-bond acceptors (Lipinski definition) is 4. The first-order chi connectivity index (χ1) is 7.06. The van der Waals surface area contributed by atoms with Gasteiger partial charge in [-0.1, -0.05) is 13.8 Å². The van der Waals surface area contributed by atoms with Gasteiger partial charge < -0.3 is 19.9 Å². The lowest BCUT2D eigenvalue weighted by Gasteiger charge is -2.15. The predicted octanol–water partition coefficient (Wildman–Crippen LogP) is 0.644. The summed E-state index contributed by atoms with van der Waals surface area (Å²) in [5.74, 6) is 0.513. The van der Waals surface area contributed by atoms with Gasteiger partial charge in [-0.15, -0.1) is 0 Å². The first kappa shape index (κ1) is 14.8. The van der Waals surface area contributed by atoms with Crippen molar-refractivity contribution >= 4 is 0 Å². The van der Waals surface area contributed by atoms with E-state index < -0.39 is 6.10 Å². The van der Waals surface area contributed by atoms with Gasteiger partial charge in [-0.25, -0.2) is 0 Å². The summed E-state index contributed by atoms with van der Waals surface area (Å²) in [4.78, 5) is 0. The van der Waals surface area contributed by atoms with E-state index in [0.717, 1.165) is 6.54 Å². The largest absolute Gasteiger partial charge is 0.389 e. The monoisotopic (exact) mass is 219 g/mol. The number of ether oxygens (including phenoxy) is 2. The third kappa shape index (κ3) is 10.1. The van der Waals surface area contributed by atoms with E-state index in [2.05, 4.69) is 19.2 Å². The predicted molar refractivity (Wildman–Crippen MR) is 61.0 cm³/mol. The van der Waals surface area contributed by atoms with Crippen molar-refractivity contribution in [3.05, 3.63) is 0 Å². The molecule has 0 radical (unpaired) electrons. The van der Waals surface area contributed by atoms with E-state index in [-0.39, 0.29) is 6.10 Å². The minimum atomic E-state index is -0.437. The Morgan fingerprint density at radius 3 is 2.33 bits per heavy atom. The molecule has 0 amide bonds. The van der Waals surface area contributed by atoms with Gasteiger partial charge in [-0.3, -0.25) is 0 Å². The van der Waals surface area contributed by atoms with Crippen LogP contribution in [0.2, 0.25) is 0 Å². The lowest BCUT2D eigenvalue weighted by molar-refractivity contribution is 0.0241. The Morgan fingerprint density at radius 1 is 1.13 bits per heavy atom. The van der Waals surface area contributed by atoms with E-state index in [0.29, 0.717) is 25.7 Å². The zero-order valence-corrected chi connectivity index (χ0v) is 10.3. The molecule has 0 aromatic carbocycles. The van der Waals surface area contributed by atoms with Crippen LogP contribution < -0.4 is 5.32 Å². The van der Waals surface area contributed by atoms with Gasteiger partial charge in [0.25, 0.3) is 0 Å². The van der Waals surface area contributed by atoms with E-state index in [1.807, 2.05) is 6.92 Å². The molecule has 0 aliphatic rings. The zero-order chi connectivity index (χ0) is 11.7. The maximum absolute atomic E-state index is 9.52. The van der Waals surface area contributed by atoms with Crippen LogP contribution in [-0.4, -0.2) is 50.7 Å². The summed E-state index contributed by atoms with van der Waals surface area (Å²) in [6, 6.07) is 0. The zero-order valence-electron chi connectivity index (χ0n) is 10.3. The second-order valence-electron chi connectivity index (χ2n) is 4.29. The van der Waals surface area contributed by atoms with Crippen LogP contribution in [0, 0.1) is 5.92 Å². The normalized spacial score (nSPS) is 15.6. The fraction of sp³-hybridized carbons (Fsp3) is 1.00. The molecule has 0 rings (SSSR count). The molecule has 0 aliphatic carbocycles. The van der Waals surface area contributed by atoms with E-state index in [1.165, 1.54) is 0 Å². The average molecular weight is 219 g/mol. The van der Waals surface area contributed by atoms with Crippen LogP contribution in [-0.2, 0) is 9.47 Å². The molecule has 4 nitrogen and oxygen atoms in total. The Kier molecular flexibility index (Phi) is 9.00. The van der Waals surface area contributed by atoms with Gasteiger partial charge in [0.15, 0.2) is 0 Å². The molecule has 0 aromatic heterocycles. The third-order valence-corrected chi connectivity index (χ3v) is 1.98. The molecule has 0 spiro atoms. The highest BCUT2D eigenvalue weighted by molar-refractivity contribution is 4.61. The highest BCUT2D eigenvalue weighted by Gasteiger charge is 2.05. The molecule has 0 aliphatic heterocycles. The van der Waals surface area contributed by atoms with Crippen molar-refractivity contribution in [1.29, 1.82) is 0 Å². The van der Waals surface area contributed by atoms with Crippen molar-refractivity contribution in [3.8, 4) is 0 Å². The van der Waals surface area contributed by atoms with E-state index in [9.17, 15) is 5.11 Å². The summed E-state index contributed by atoms with van der Waals surface area (Å²) < 4.78 is 10.4. The molecular formula is C11H25NO3. The summed E-state index contributed by atoms with van der Waals surface area (Å²) in [6.07, 6.45) is -0.262. The van der Waals surface area contributed by atoms with Gasteiger partial charge >= 0.3 is 0 Å². The standard InChI is InChI=1S/C11H25NO3/c1-9(2)7-15-8-11(13)6-12-5-10(3)14-4/h9-13H,5-8H2,1-4H3. The Hall–Kier alpha value is -0.160. The summed E-state index contributed by atoms with van der Waals surface area (Å²) >= 11 is 0. The van der Waals surface area contributed by atoms with Crippen LogP contribution in [0.1, 0.15) is 20.8 Å². The molecule has 0 aromatic rings. The average Bonchev–Trinajstić information content (AvgIpc) is 2.17. The molecule has 2 atom stereocenters. The molecule has 0 fully saturated rings. The van der Waals surface area contributed by atoms with Crippen molar-refractivity contribution in [2.45, 2.75) is 33.0 Å². The summed E-state index contributed by atoms with van der Waals surface area (Å²) in [5, 5.41) is 12.6. The van der Waals surface area contributed by atoms with E-state index in [1.54, 1.807) is 7.11 Å². The smallest absolute Gasteiger partial charge is 0.0897 e. The molecule has 0 saturated heterocycles. The van der Waals surface area contributed by atoms with Crippen molar-refractivity contribution < 1.29 is 14.6 Å². The van der Waals surface area contributed by atoms with Crippen molar-refractivity contribution in [1.82, 2.24) is 5.32 Å². The second kappa shape index (κ2) is 9.09. The number of aliphatic hydroxyl groups is 1. The maximum Gasteiger partial charge on any atom is 0.0897 e. The van der Waals surface area contributed by atoms with Crippen LogP contribution in [0.3, 0.4) is 0 Å². The minimum Gasteiger partial charge on any atom is -0.389 e. The lowest BCUT2D eigenvalue weighted by atomic mass is 10.2. The van der Waals surface area contributed by atoms with E-state index >= 15 is 0 Å². The molecule has 92 valence electrons. The van der Waals surface area contributed by atoms with Crippen LogP contribution in [0.25, 0.3) is 0 Å². The molecule has 4 heteroatoms. The summed E-state index contributed by atoms with van der Waals surface area (Å²) in [5.41, 5.74) is 0. The molecular weight excluding hydrogens is 194 g/mol. The number of aliphatic hydroxyl groups excluding tert-OH is 1. The van der Waals surface area contributed by atoms with Crippen molar-refractivity contribution in [2.24, 2.45) is 5.92 Å². The topological polar surface area (TPSA) is 50.7 Å². The van der Waals surface area contributed by atoms with Gasteiger partial charge in [0.1, 0.15) is 0 Å². The summed E-state index contributed by atoms with van der Waals surface area (Å²) in [7, 11) is 1.68. The van der Waals surface area contributed by atoms with Crippen LogP contribution in [0.4, 0.5) is 0 Å². The van der Waals surface area contributed by atoms with Crippen LogP contribution >= 0.6 is 0 Å². The fourth-order valence-electron chi connectivity index (χ4n) is 1.04. The first-order valence-electron chi connectivity index (χ1n) is 5.55. The number of hydrogen-bond donors (Lipinski definition) is 2. The first-order valence-corrected chi connectivity index (χ1v) is 5.55. The number of rotatable bonds is 9. The Balaban J connectivity index is 3.29. The molecule has 0 bridgehead atoms. The highest BCUT2D eigenvalue weighted by atomic mass is 16.5. The van der Waals surface area contributed by atoms with Gasteiger partial charge in [0, 0.05) is 26.8 Å². The fourth-order valence-corrected chi connectivity index (χ4v) is 1.04. The quantitative estimate of drug-likeness (QED) is 0.597. The van der Waals surface area contributed by atoms with Crippen molar-refractivity contribution in [3.63, 3.8) is 0 Å². The van der Waals surface area contributed by atoms with Gasteiger partial charge in [-0.05, 0) is 12.8 Å². The van der Waals surface area contributed by atoms with Crippen molar-refractivity contribution in [2.75, 3.05) is 33.4 Å². The van der Waals surface area contributed by atoms with Crippen LogP contribution in [0.5, 0.6) is 0 Å². The van der Waals surface area contributed by atoms with Gasteiger partial charge in [0.2, 0.25) is 0 Å². The Bertz CT molecular complexity index is 142. The molecule has 15 heavy (non-hydrogen) atoms. The lowest BCUT2D eigenvalue weighted by Crippen LogP contribution is -2.35. The Morgan fingerprint density at radius 2 is 1.80 bits per heavy atom.